The number of hydrogen-bond acceptors (Lipinski definition) is 3. The molecule has 134 valence electrons. The van der Waals surface area contributed by atoms with Crippen LogP contribution in [0.4, 0.5) is 10.5 Å². The second-order valence-electron chi connectivity index (χ2n) is 6.68. The average Bonchev–Trinajstić information content (AvgIpc) is 2.86. The summed E-state index contributed by atoms with van der Waals surface area (Å²) in [4.78, 5) is 14.7. The Kier molecular flexibility index (Phi) is 5.08. The highest BCUT2D eigenvalue weighted by atomic mass is 16.5. The Morgan fingerprint density at radius 3 is 2.68 bits per heavy atom. The molecule has 6 heteroatoms. The van der Waals surface area contributed by atoms with Crippen LogP contribution in [0.5, 0.6) is 0 Å². The van der Waals surface area contributed by atoms with Gasteiger partial charge in [-0.05, 0) is 25.3 Å². The highest BCUT2D eigenvalue weighted by Crippen LogP contribution is 2.38. The predicted molar refractivity (Wildman–Crippen MR) is 97.6 cm³/mol. The zero-order chi connectivity index (χ0) is 18.0. The molecule has 0 bridgehead atoms. The van der Waals surface area contributed by atoms with Crippen LogP contribution in [0.25, 0.3) is 0 Å². The summed E-state index contributed by atoms with van der Waals surface area (Å²) in [5.74, 6) is 0.458. The van der Waals surface area contributed by atoms with E-state index in [2.05, 4.69) is 29.5 Å². The van der Waals surface area contributed by atoms with Crippen molar-refractivity contribution in [1.82, 2.24) is 14.7 Å². The van der Waals surface area contributed by atoms with Gasteiger partial charge in [0.2, 0.25) is 0 Å². The molecule has 2 amide bonds. The third-order valence-electron chi connectivity index (χ3n) is 4.88. The van der Waals surface area contributed by atoms with E-state index < -0.39 is 0 Å². The number of likely N-dealkylation sites (tertiary alicyclic amines) is 1. The van der Waals surface area contributed by atoms with Crippen molar-refractivity contribution in [3.63, 3.8) is 0 Å². The minimum absolute atomic E-state index is 0.0653. The Bertz CT molecular complexity index is 741. The van der Waals surface area contributed by atoms with Gasteiger partial charge in [0.25, 0.3) is 0 Å². The summed E-state index contributed by atoms with van der Waals surface area (Å²) in [6.07, 6.45) is 0. The second-order valence-corrected chi connectivity index (χ2v) is 6.68. The van der Waals surface area contributed by atoms with Crippen LogP contribution in [0.2, 0.25) is 0 Å². The molecule has 1 aliphatic heterocycles. The molecule has 0 aliphatic carbocycles. The molecule has 1 aromatic heterocycles. The number of benzene rings is 1. The molecule has 1 aromatic carbocycles. The number of nitrogens with one attached hydrogen (secondary N) is 1. The summed E-state index contributed by atoms with van der Waals surface area (Å²) in [6, 6.07) is 10.3. The highest BCUT2D eigenvalue weighted by Gasteiger charge is 2.40. The number of urea groups is 1. The van der Waals surface area contributed by atoms with Gasteiger partial charge in [-0.25, -0.2) is 4.79 Å². The van der Waals surface area contributed by atoms with E-state index in [4.69, 9.17) is 4.74 Å². The van der Waals surface area contributed by atoms with Crippen molar-refractivity contribution in [2.75, 3.05) is 25.6 Å². The summed E-state index contributed by atoms with van der Waals surface area (Å²) in [7, 11) is 1.67. The first kappa shape index (κ1) is 17.5. The van der Waals surface area contributed by atoms with Crippen molar-refractivity contribution in [2.24, 2.45) is 5.92 Å². The molecule has 3 rings (SSSR count). The lowest BCUT2D eigenvalue weighted by molar-refractivity contribution is 0.0671. The van der Waals surface area contributed by atoms with Gasteiger partial charge >= 0.3 is 6.03 Å². The maximum Gasteiger partial charge on any atom is 0.322 e. The number of hydrogen-bond donors (Lipinski definition) is 1. The Hall–Kier alpha value is -2.34. The first-order valence-electron chi connectivity index (χ1n) is 8.68. The lowest BCUT2D eigenvalue weighted by atomic mass is 9.85. The van der Waals surface area contributed by atoms with Crippen molar-refractivity contribution >= 4 is 11.7 Å². The summed E-state index contributed by atoms with van der Waals surface area (Å²) >= 11 is 0. The van der Waals surface area contributed by atoms with Gasteiger partial charge < -0.3 is 15.0 Å². The van der Waals surface area contributed by atoms with Gasteiger partial charge in [0.05, 0.1) is 36.3 Å². The zero-order valence-electron chi connectivity index (χ0n) is 15.3. The summed E-state index contributed by atoms with van der Waals surface area (Å²) in [5, 5.41) is 7.56. The van der Waals surface area contributed by atoms with Crippen molar-refractivity contribution < 1.29 is 9.53 Å². The third-order valence-corrected chi connectivity index (χ3v) is 4.88. The van der Waals surface area contributed by atoms with Crippen LogP contribution >= 0.6 is 0 Å². The van der Waals surface area contributed by atoms with Crippen LogP contribution in [-0.4, -0.2) is 41.0 Å². The Labute approximate surface area is 148 Å². The van der Waals surface area contributed by atoms with Gasteiger partial charge in [0.15, 0.2) is 0 Å². The standard InChI is InChI=1S/C19H26N4O2/c1-13-12-22(18(13)16-8-6-5-7-9-16)19(24)20-17-14(2)21-23(15(17)3)10-11-25-4/h5-9,13,18H,10-12H2,1-4H3,(H,20,24)/t13-,18-/m0/s1. The van der Waals surface area contributed by atoms with Crippen molar-refractivity contribution in [3.8, 4) is 0 Å². The number of anilines is 1. The number of rotatable bonds is 5. The molecule has 1 fully saturated rings. The van der Waals surface area contributed by atoms with E-state index in [0.29, 0.717) is 19.1 Å². The number of aryl methyl sites for hydroxylation is 1. The molecular weight excluding hydrogens is 316 g/mol. The van der Waals surface area contributed by atoms with Gasteiger partial charge in [-0.3, -0.25) is 4.68 Å². The van der Waals surface area contributed by atoms with E-state index in [-0.39, 0.29) is 12.1 Å². The van der Waals surface area contributed by atoms with Crippen LogP contribution in [0, 0.1) is 19.8 Å². The van der Waals surface area contributed by atoms with Crippen LogP contribution in [0.3, 0.4) is 0 Å². The molecule has 1 N–H and O–H groups in total. The van der Waals surface area contributed by atoms with Crippen LogP contribution in [0.15, 0.2) is 30.3 Å². The van der Waals surface area contributed by atoms with E-state index >= 15 is 0 Å². The Balaban J connectivity index is 1.73. The minimum Gasteiger partial charge on any atom is -0.383 e. The lowest BCUT2D eigenvalue weighted by Gasteiger charge is -2.46. The molecule has 2 aromatic rings. The van der Waals surface area contributed by atoms with E-state index in [1.165, 1.54) is 5.56 Å². The van der Waals surface area contributed by atoms with Crippen LogP contribution < -0.4 is 5.32 Å². The van der Waals surface area contributed by atoms with Gasteiger partial charge in [-0.2, -0.15) is 5.10 Å². The fraction of sp³-hybridized carbons (Fsp3) is 0.474. The number of carbonyl (C=O) groups is 1. The predicted octanol–water partition coefficient (Wildman–Crippen LogP) is 3.37. The Morgan fingerprint density at radius 1 is 1.32 bits per heavy atom. The zero-order valence-corrected chi connectivity index (χ0v) is 15.3. The lowest BCUT2D eigenvalue weighted by Crippen LogP contribution is -2.53. The molecular formula is C19H26N4O2. The van der Waals surface area contributed by atoms with Gasteiger partial charge in [0, 0.05) is 13.7 Å². The smallest absolute Gasteiger partial charge is 0.322 e. The van der Waals surface area contributed by atoms with Gasteiger partial charge in [-0.1, -0.05) is 37.3 Å². The quantitative estimate of drug-likeness (QED) is 0.906. The van der Waals surface area contributed by atoms with Gasteiger partial charge in [-0.15, -0.1) is 0 Å². The summed E-state index contributed by atoms with van der Waals surface area (Å²) in [6.45, 7) is 8.10. The van der Waals surface area contributed by atoms with Crippen LogP contribution in [-0.2, 0) is 11.3 Å². The molecule has 0 radical (unpaired) electrons. The number of carbonyl (C=O) groups excluding carboxylic acids is 1. The van der Waals surface area contributed by atoms with E-state index in [0.717, 1.165) is 23.6 Å². The first-order chi connectivity index (χ1) is 12.0. The van der Waals surface area contributed by atoms with E-state index in [9.17, 15) is 4.79 Å². The molecule has 0 saturated carbocycles. The molecule has 25 heavy (non-hydrogen) atoms. The second kappa shape index (κ2) is 7.27. The number of amides is 2. The maximum absolute atomic E-state index is 12.8. The average molecular weight is 342 g/mol. The number of ether oxygens (including phenoxy) is 1. The topological polar surface area (TPSA) is 59.4 Å². The number of aromatic nitrogens is 2. The van der Waals surface area contributed by atoms with Crippen LogP contribution in [0.1, 0.15) is 29.9 Å². The third kappa shape index (κ3) is 3.39. The molecule has 2 heterocycles. The molecule has 2 atom stereocenters. The van der Waals surface area contributed by atoms with E-state index in [1.54, 1.807) is 7.11 Å². The maximum atomic E-state index is 12.8. The minimum atomic E-state index is -0.0653. The first-order valence-corrected chi connectivity index (χ1v) is 8.68. The summed E-state index contributed by atoms with van der Waals surface area (Å²) in [5.41, 5.74) is 3.76. The van der Waals surface area contributed by atoms with Crippen molar-refractivity contribution in [2.45, 2.75) is 33.4 Å². The SMILES string of the molecule is COCCn1nc(C)c(NC(=O)N2C[C@H](C)[C@H]2c2ccccc2)c1C. The number of methoxy groups -OCH3 is 1. The molecule has 1 saturated heterocycles. The fourth-order valence-electron chi connectivity index (χ4n) is 3.51. The van der Waals surface area contributed by atoms with Crippen molar-refractivity contribution in [3.05, 3.63) is 47.3 Å². The van der Waals surface area contributed by atoms with Gasteiger partial charge in [0.1, 0.15) is 0 Å². The highest BCUT2D eigenvalue weighted by molar-refractivity contribution is 5.91. The number of nitrogens with zero attached hydrogens (tertiary/aromatic N) is 3. The largest absolute Gasteiger partial charge is 0.383 e. The van der Waals surface area contributed by atoms with Crippen molar-refractivity contribution in [1.29, 1.82) is 0 Å². The molecule has 0 unspecified atom stereocenters. The summed E-state index contributed by atoms with van der Waals surface area (Å²) < 4.78 is 6.99. The monoisotopic (exact) mass is 342 g/mol. The van der Waals surface area contributed by atoms with E-state index in [1.807, 2.05) is 41.6 Å². The molecule has 6 nitrogen and oxygen atoms in total. The molecule has 0 spiro atoms. The fourth-order valence-corrected chi connectivity index (χ4v) is 3.51. The Morgan fingerprint density at radius 2 is 2.04 bits per heavy atom. The molecule has 1 aliphatic rings. The normalized spacial score (nSPS) is 19.6.